The molecule has 0 bridgehead atoms. The summed E-state index contributed by atoms with van der Waals surface area (Å²) in [5.74, 6) is -0.408. The number of anilines is 2. The van der Waals surface area contributed by atoms with Gasteiger partial charge in [0.2, 0.25) is 5.43 Å². The first kappa shape index (κ1) is 29.7. The van der Waals surface area contributed by atoms with Crippen LogP contribution in [-0.2, 0) is 17.8 Å². The number of carbonyl (C=O) groups is 2. The van der Waals surface area contributed by atoms with Crippen molar-refractivity contribution in [2.45, 2.75) is 20.0 Å². The first-order valence-electron chi connectivity index (χ1n) is 14.3. The van der Waals surface area contributed by atoms with Gasteiger partial charge in [0.25, 0.3) is 5.91 Å². The van der Waals surface area contributed by atoms with Crippen LogP contribution in [0.15, 0.2) is 65.7 Å². The molecule has 0 spiro atoms. The molecule has 12 heteroatoms. The summed E-state index contributed by atoms with van der Waals surface area (Å²) in [5.41, 5.74) is 9.26. The van der Waals surface area contributed by atoms with Gasteiger partial charge in [-0.05, 0) is 42.8 Å². The Morgan fingerprint density at radius 3 is 2.56 bits per heavy atom. The van der Waals surface area contributed by atoms with Crippen molar-refractivity contribution in [3.8, 4) is 11.3 Å². The number of carbonyl (C=O) groups excluding carboxylic acids is 2. The molecule has 224 valence electrons. The zero-order chi connectivity index (χ0) is 30.3. The molecule has 1 aliphatic rings. The Hall–Kier alpha value is -4.81. The lowest BCUT2D eigenvalue weighted by Crippen LogP contribution is -2.42. The molecule has 4 N–H and O–H groups in total. The van der Waals surface area contributed by atoms with E-state index in [9.17, 15) is 14.4 Å². The number of aromatic nitrogens is 3. The lowest BCUT2D eigenvalue weighted by molar-refractivity contribution is 0.0383. The van der Waals surface area contributed by atoms with E-state index in [1.54, 1.807) is 53.2 Å². The molecule has 1 saturated heterocycles. The first-order valence-corrected chi connectivity index (χ1v) is 14.3. The molecular formula is C31H36N8O4. The number of ether oxygens (including phenoxy) is 1. The van der Waals surface area contributed by atoms with Crippen molar-refractivity contribution >= 4 is 34.5 Å². The second-order valence-corrected chi connectivity index (χ2v) is 10.3. The number of pyridine rings is 3. The average molecular weight is 585 g/mol. The van der Waals surface area contributed by atoms with Gasteiger partial charge in [-0.1, -0.05) is 18.2 Å². The molecule has 1 aromatic carbocycles. The summed E-state index contributed by atoms with van der Waals surface area (Å²) in [6.45, 7) is 6.77. The number of benzene rings is 1. The number of morpholine rings is 1. The number of hydrogen-bond donors (Lipinski definition) is 3. The number of nitrogens with one attached hydrogen (secondary N) is 2. The van der Waals surface area contributed by atoms with Crippen LogP contribution in [0.1, 0.15) is 22.8 Å². The van der Waals surface area contributed by atoms with Crippen LogP contribution in [0.25, 0.3) is 22.3 Å². The predicted octanol–water partition coefficient (Wildman–Crippen LogP) is 2.79. The maximum atomic E-state index is 13.4. The number of nitrogens with zero attached hydrogens (tertiary/aromatic N) is 5. The fourth-order valence-corrected chi connectivity index (χ4v) is 5.05. The van der Waals surface area contributed by atoms with E-state index in [4.69, 9.17) is 15.5 Å². The standard InChI is InChI=1S/C31H36N8O4/c1-3-39-28(32)26(30(41)34-13-14-38-15-17-43-18-16-38)27(40)24-10-11-25(36-29(24)39)22-6-8-23(9-7-22)35-31(42)37(2)20-21-5-4-12-33-19-21/h4-12,19H,3,13-18,20,32H2,1-2H3,(H,34,41)(H,35,42). The highest BCUT2D eigenvalue weighted by molar-refractivity contribution is 6.01. The van der Waals surface area contributed by atoms with Crippen LogP contribution in [0.5, 0.6) is 0 Å². The first-order chi connectivity index (χ1) is 20.9. The quantitative estimate of drug-likeness (QED) is 0.272. The number of rotatable bonds is 9. The van der Waals surface area contributed by atoms with Gasteiger partial charge >= 0.3 is 6.03 Å². The Labute approximate surface area is 249 Å². The summed E-state index contributed by atoms with van der Waals surface area (Å²) in [5, 5.41) is 6.06. The van der Waals surface area contributed by atoms with E-state index < -0.39 is 11.3 Å². The SMILES string of the molecule is CCn1c(N)c(C(=O)NCCN2CCOCC2)c(=O)c2ccc(-c3ccc(NC(=O)N(C)Cc4cccnc4)cc3)nc21. The van der Waals surface area contributed by atoms with Crippen LogP contribution in [0.4, 0.5) is 16.3 Å². The van der Waals surface area contributed by atoms with E-state index in [-0.39, 0.29) is 17.4 Å². The van der Waals surface area contributed by atoms with Crippen molar-refractivity contribution in [3.63, 3.8) is 0 Å². The third-order valence-electron chi connectivity index (χ3n) is 7.43. The predicted molar refractivity (Wildman–Crippen MR) is 166 cm³/mol. The van der Waals surface area contributed by atoms with Crippen molar-refractivity contribution in [1.29, 1.82) is 0 Å². The van der Waals surface area contributed by atoms with E-state index in [1.807, 2.05) is 31.2 Å². The summed E-state index contributed by atoms with van der Waals surface area (Å²) in [7, 11) is 1.72. The number of aryl methyl sites for hydroxylation is 1. The molecule has 0 saturated carbocycles. The van der Waals surface area contributed by atoms with Crippen LogP contribution in [0, 0.1) is 0 Å². The fraction of sp³-hybridized carbons (Fsp3) is 0.323. The Bertz CT molecular complexity index is 1650. The maximum Gasteiger partial charge on any atom is 0.321 e. The molecule has 0 unspecified atom stereocenters. The second-order valence-electron chi connectivity index (χ2n) is 10.3. The van der Waals surface area contributed by atoms with Crippen LogP contribution in [0.3, 0.4) is 0 Å². The van der Waals surface area contributed by atoms with Crippen molar-refractivity contribution in [2.24, 2.45) is 0 Å². The molecule has 1 aliphatic heterocycles. The van der Waals surface area contributed by atoms with Gasteiger partial charge in [-0.2, -0.15) is 0 Å². The van der Waals surface area contributed by atoms with E-state index >= 15 is 0 Å². The molecule has 3 aromatic heterocycles. The Kier molecular flexibility index (Phi) is 9.28. The summed E-state index contributed by atoms with van der Waals surface area (Å²) in [6.07, 6.45) is 3.42. The van der Waals surface area contributed by atoms with Crippen molar-refractivity contribution < 1.29 is 14.3 Å². The van der Waals surface area contributed by atoms with Crippen LogP contribution in [0.2, 0.25) is 0 Å². The lowest BCUT2D eigenvalue weighted by atomic mass is 10.1. The third-order valence-corrected chi connectivity index (χ3v) is 7.43. The van der Waals surface area contributed by atoms with Crippen molar-refractivity contribution in [3.05, 3.63) is 82.3 Å². The zero-order valence-corrected chi connectivity index (χ0v) is 24.4. The number of nitrogen functional groups attached to an aromatic ring is 1. The molecular weight excluding hydrogens is 548 g/mol. The summed E-state index contributed by atoms with van der Waals surface area (Å²) < 4.78 is 7.04. The Morgan fingerprint density at radius 1 is 1.09 bits per heavy atom. The number of nitrogens with two attached hydrogens (primary N) is 1. The lowest BCUT2D eigenvalue weighted by Gasteiger charge is -2.26. The number of hydrogen-bond acceptors (Lipinski definition) is 8. The largest absolute Gasteiger partial charge is 0.384 e. The third kappa shape index (κ3) is 6.82. The summed E-state index contributed by atoms with van der Waals surface area (Å²) in [4.78, 5) is 51.8. The van der Waals surface area contributed by atoms with Gasteiger partial charge in [0.1, 0.15) is 17.0 Å². The van der Waals surface area contributed by atoms with Gasteiger partial charge < -0.3 is 30.6 Å². The smallest absolute Gasteiger partial charge is 0.321 e. The van der Waals surface area contributed by atoms with Gasteiger partial charge in [-0.3, -0.25) is 19.5 Å². The highest BCUT2D eigenvalue weighted by atomic mass is 16.5. The minimum atomic E-state index is -0.493. The molecule has 0 aliphatic carbocycles. The number of urea groups is 1. The molecule has 4 aromatic rings. The minimum absolute atomic E-state index is 0.0699. The van der Waals surface area contributed by atoms with Gasteiger partial charge in [-0.15, -0.1) is 0 Å². The van der Waals surface area contributed by atoms with Crippen LogP contribution >= 0.6 is 0 Å². The zero-order valence-electron chi connectivity index (χ0n) is 24.4. The molecule has 0 atom stereocenters. The van der Waals surface area contributed by atoms with Gasteiger partial charge in [0.05, 0.1) is 24.3 Å². The fourth-order valence-electron chi connectivity index (χ4n) is 5.05. The highest BCUT2D eigenvalue weighted by Crippen LogP contribution is 2.24. The van der Waals surface area contributed by atoms with Gasteiger partial charge in [-0.25, -0.2) is 9.78 Å². The number of amides is 3. The van der Waals surface area contributed by atoms with Gasteiger partial charge in [0, 0.05) is 70.0 Å². The molecule has 1 fully saturated rings. The van der Waals surface area contributed by atoms with Gasteiger partial charge in [0.15, 0.2) is 0 Å². The summed E-state index contributed by atoms with van der Waals surface area (Å²) in [6, 6.07) is 14.2. The Balaban J connectivity index is 1.31. The Morgan fingerprint density at radius 2 is 1.86 bits per heavy atom. The van der Waals surface area contributed by atoms with E-state index in [0.29, 0.717) is 61.8 Å². The van der Waals surface area contributed by atoms with E-state index in [2.05, 4.69) is 20.5 Å². The average Bonchev–Trinajstić information content (AvgIpc) is 3.02. The minimum Gasteiger partial charge on any atom is -0.384 e. The van der Waals surface area contributed by atoms with E-state index in [1.165, 1.54) is 0 Å². The monoisotopic (exact) mass is 584 g/mol. The van der Waals surface area contributed by atoms with Crippen molar-refractivity contribution in [1.82, 2.24) is 29.7 Å². The highest BCUT2D eigenvalue weighted by Gasteiger charge is 2.22. The molecule has 3 amide bonds. The van der Waals surface area contributed by atoms with E-state index in [0.717, 1.165) is 24.2 Å². The normalized spacial score (nSPS) is 13.5. The number of fused-ring (bicyclic) bond motifs is 1. The maximum absolute atomic E-state index is 13.4. The molecule has 4 heterocycles. The van der Waals surface area contributed by atoms with Crippen LogP contribution in [-0.4, -0.2) is 82.7 Å². The topological polar surface area (TPSA) is 148 Å². The summed E-state index contributed by atoms with van der Waals surface area (Å²) >= 11 is 0. The molecule has 43 heavy (non-hydrogen) atoms. The second kappa shape index (κ2) is 13.4. The van der Waals surface area contributed by atoms with Crippen LogP contribution < -0.4 is 21.8 Å². The molecule has 12 nitrogen and oxygen atoms in total. The molecule has 5 rings (SSSR count). The molecule has 0 radical (unpaired) electrons. The van der Waals surface area contributed by atoms with Crippen molar-refractivity contribution in [2.75, 3.05) is 57.5 Å².